The van der Waals surface area contributed by atoms with Crippen LogP contribution in [0.25, 0.3) is 17.0 Å². The van der Waals surface area contributed by atoms with Crippen LogP contribution in [-0.4, -0.2) is 91.6 Å². The minimum absolute atomic E-state index is 0.0130. The first-order valence-electron chi connectivity index (χ1n) is 18.9. The second kappa shape index (κ2) is 17.3. The van der Waals surface area contributed by atoms with Crippen LogP contribution in [0.2, 0.25) is 0 Å². The molecule has 5 aromatic rings. The van der Waals surface area contributed by atoms with Crippen molar-refractivity contribution in [2.45, 2.75) is 57.4 Å². The summed E-state index contributed by atoms with van der Waals surface area (Å²) >= 11 is 0. The fraction of sp³-hybridized carbons (Fsp3) is 0.325. The minimum Gasteiger partial charge on any atom is -0.493 e. The van der Waals surface area contributed by atoms with Crippen LogP contribution in [0.3, 0.4) is 0 Å². The number of likely N-dealkylation sites (N-methyl/N-ethyl adjacent to an activating group) is 1. The quantitative estimate of drug-likeness (QED) is 0.0780. The molecule has 1 saturated heterocycles. The van der Waals surface area contributed by atoms with Gasteiger partial charge in [-0.1, -0.05) is 25.3 Å². The molecular weight excluding hydrogens is 731 g/mol. The number of ether oxygens (including phenoxy) is 1. The van der Waals surface area contributed by atoms with E-state index in [1.165, 1.54) is 6.20 Å². The number of nitrogens with zero attached hydrogens (tertiary/aromatic N) is 7. The highest BCUT2D eigenvalue weighted by Gasteiger charge is 2.46. The molecule has 2 aliphatic rings. The Morgan fingerprint density at radius 1 is 0.982 bits per heavy atom. The van der Waals surface area contributed by atoms with Gasteiger partial charge in [-0.25, -0.2) is 15.0 Å². The standard InChI is InChI=1S/C40H43N11O6/c1-49(26-13-11-25(12-14-26)45-36-37-44-18-20-50(37)24-29(47-36)28-22-42-23-32(41)46-28)19-17-43-33(52)10-5-3-2-4-6-21-57-31-9-7-8-27-35(31)40(56)51(39(27)55)30-15-16-34(53)48-38(30)54/h7-9,11-14,18,20,22-24,30H,2-6,10,15-17,19,21H2,1H3,(H2,41,46)(H,43,52)(H,45,47)(H,48,53,54). The molecule has 0 aliphatic carbocycles. The maximum atomic E-state index is 13.2. The average molecular weight is 774 g/mol. The van der Waals surface area contributed by atoms with E-state index in [1.54, 1.807) is 30.6 Å². The van der Waals surface area contributed by atoms with Gasteiger partial charge in [0.1, 0.15) is 29.0 Å². The predicted molar refractivity (Wildman–Crippen MR) is 211 cm³/mol. The highest BCUT2D eigenvalue weighted by molar-refractivity contribution is 6.24. The van der Waals surface area contributed by atoms with Gasteiger partial charge in [0.2, 0.25) is 17.7 Å². The van der Waals surface area contributed by atoms with Crippen molar-refractivity contribution in [2.75, 3.05) is 42.7 Å². The van der Waals surface area contributed by atoms with Gasteiger partial charge in [0.05, 0.1) is 30.1 Å². The third kappa shape index (κ3) is 8.82. The lowest BCUT2D eigenvalue weighted by molar-refractivity contribution is -0.136. The lowest BCUT2D eigenvalue weighted by Gasteiger charge is -2.27. The van der Waals surface area contributed by atoms with Gasteiger partial charge in [0.15, 0.2) is 11.5 Å². The predicted octanol–water partition coefficient (Wildman–Crippen LogP) is 3.89. The van der Waals surface area contributed by atoms with Crippen molar-refractivity contribution in [3.63, 3.8) is 0 Å². The van der Waals surface area contributed by atoms with Crippen LogP contribution in [0, 0.1) is 0 Å². The van der Waals surface area contributed by atoms with Crippen LogP contribution in [-0.2, 0) is 14.4 Å². The molecule has 5 heterocycles. The number of amides is 5. The normalized spacial score (nSPS) is 15.1. The van der Waals surface area contributed by atoms with E-state index in [1.807, 2.05) is 48.1 Å². The van der Waals surface area contributed by atoms with Crippen LogP contribution in [0.1, 0.15) is 72.1 Å². The number of unbranched alkanes of at least 4 members (excludes halogenated alkanes) is 4. The van der Waals surface area contributed by atoms with Crippen molar-refractivity contribution < 1.29 is 28.7 Å². The van der Waals surface area contributed by atoms with Crippen LogP contribution in [0.4, 0.5) is 23.0 Å². The number of carbonyl (C=O) groups is 5. The number of nitrogen functional groups attached to an aromatic ring is 1. The summed E-state index contributed by atoms with van der Waals surface area (Å²) in [4.78, 5) is 83.3. The number of imide groups is 2. The van der Waals surface area contributed by atoms with E-state index >= 15 is 0 Å². The zero-order valence-corrected chi connectivity index (χ0v) is 31.4. The summed E-state index contributed by atoms with van der Waals surface area (Å²) in [5, 5.41) is 8.57. The van der Waals surface area contributed by atoms with Gasteiger partial charge >= 0.3 is 0 Å². The largest absolute Gasteiger partial charge is 0.493 e. The Hall–Kier alpha value is -6.91. The molecule has 2 aliphatic heterocycles. The Morgan fingerprint density at radius 2 is 1.79 bits per heavy atom. The molecule has 294 valence electrons. The molecular formula is C40H43N11O6. The van der Waals surface area contributed by atoms with Crippen LogP contribution in [0.5, 0.6) is 5.75 Å². The van der Waals surface area contributed by atoms with E-state index in [0.29, 0.717) is 60.5 Å². The number of fused-ring (bicyclic) bond motifs is 2. The number of aromatic nitrogens is 5. The summed E-state index contributed by atoms with van der Waals surface area (Å²) in [6.07, 6.45) is 13.2. The maximum absolute atomic E-state index is 13.2. The molecule has 0 radical (unpaired) electrons. The minimum atomic E-state index is -1.03. The first kappa shape index (κ1) is 38.4. The Bertz CT molecular complexity index is 2310. The molecule has 0 bridgehead atoms. The third-order valence-corrected chi connectivity index (χ3v) is 9.87. The molecule has 57 heavy (non-hydrogen) atoms. The smallest absolute Gasteiger partial charge is 0.266 e. The lowest BCUT2D eigenvalue weighted by Crippen LogP contribution is -2.54. The fourth-order valence-corrected chi connectivity index (χ4v) is 6.86. The highest BCUT2D eigenvalue weighted by Crippen LogP contribution is 2.34. The van der Waals surface area contributed by atoms with Crippen molar-refractivity contribution in [2.24, 2.45) is 0 Å². The van der Waals surface area contributed by atoms with Crippen LogP contribution in [0.15, 0.2) is 73.4 Å². The zero-order valence-electron chi connectivity index (χ0n) is 31.4. The molecule has 5 N–H and O–H groups in total. The second-order valence-electron chi connectivity index (χ2n) is 13.9. The number of anilines is 4. The van der Waals surface area contributed by atoms with Gasteiger partial charge in [-0.2, -0.15) is 0 Å². The first-order valence-corrected chi connectivity index (χ1v) is 18.9. The summed E-state index contributed by atoms with van der Waals surface area (Å²) in [7, 11) is 1.97. The van der Waals surface area contributed by atoms with E-state index in [-0.39, 0.29) is 29.9 Å². The molecule has 1 unspecified atom stereocenters. The summed E-state index contributed by atoms with van der Waals surface area (Å²) in [6, 6.07) is 11.7. The molecule has 0 spiro atoms. The molecule has 2 aromatic carbocycles. The number of hydrogen-bond donors (Lipinski definition) is 4. The van der Waals surface area contributed by atoms with Gasteiger partial charge in [-0.05, 0) is 55.7 Å². The van der Waals surface area contributed by atoms with Crippen LogP contribution >= 0.6 is 0 Å². The van der Waals surface area contributed by atoms with Crippen molar-refractivity contribution in [1.82, 2.24) is 39.9 Å². The summed E-state index contributed by atoms with van der Waals surface area (Å²) in [6.45, 7) is 1.50. The van der Waals surface area contributed by atoms with Gasteiger partial charge in [0.25, 0.3) is 11.8 Å². The summed E-state index contributed by atoms with van der Waals surface area (Å²) in [5.41, 5.74) is 9.80. The zero-order chi connectivity index (χ0) is 39.9. The molecule has 3 aromatic heterocycles. The number of piperidine rings is 1. The van der Waals surface area contributed by atoms with Crippen molar-refractivity contribution in [3.8, 4) is 17.1 Å². The molecule has 7 rings (SSSR count). The first-order chi connectivity index (χ1) is 27.7. The molecule has 1 fully saturated rings. The Kier molecular flexibility index (Phi) is 11.6. The molecule has 0 saturated carbocycles. The van der Waals surface area contributed by atoms with Gasteiger partial charge in [0, 0.05) is 62.9 Å². The van der Waals surface area contributed by atoms with E-state index in [4.69, 9.17) is 15.5 Å². The average Bonchev–Trinajstić information content (AvgIpc) is 3.78. The van der Waals surface area contributed by atoms with Gasteiger partial charge in [-0.3, -0.25) is 39.2 Å². The maximum Gasteiger partial charge on any atom is 0.266 e. The number of hydrogen-bond acceptors (Lipinski definition) is 13. The van der Waals surface area contributed by atoms with Gasteiger partial charge < -0.3 is 30.4 Å². The number of benzene rings is 2. The van der Waals surface area contributed by atoms with Crippen LogP contribution < -0.4 is 31.3 Å². The SMILES string of the molecule is CN(CCNC(=O)CCCCCCCOc1cccc2c1C(=O)N(C1CCC(=O)NC1=O)C2=O)c1ccc(Nc2nc(-c3cncc(N)n3)cn3ccnc23)cc1. The molecule has 5 amide bonds. The number of imidazole rings is 1. The Morgan fingerprint density at radius 3 is 2.60 bits per heavy atom. The molecule has 17 nitrogen and oxygen atoms in total. The number of rotatable bonds is 17. The summed E-state index contributed by atoms with van der Waals surface area (Å²) in [5.74, 6) is -1.04. The van der Waals surface area contributed by atoms with Crippen molar-refractivity contribution in [3.05, 3.63) is 84.6 Å². The van der Waals surface area contributed by atoms with Gasteiger partial charge in [-0.15, -0.1) is 0 Å². The Balaban J connectivity index is 0.783. The van der Waals surface area contributed by atoms with E-state index in [9.17, 15) is 24.0 Å². The van der Waals surface area contributed by atoms with E-state index < -0.39 is 29.7 Å². The lowest BCUT2D eigenvalue weighted by atomic mass is 10.0. The second-order valence-corrected chi connectivity index (χ2v) is 13.9. The number of nitrogens with one attached hydrogen (secondary N) is 3. The Labute approximate surface area is 328 Å². The van der Waals surface area contributed by atoms with E-state index in [2.05, 4.69) is 35.8 Å². The monoisotopic (exact) mass is 773 g/mol. The molecule has 17 heteroatoms. The van der Waals surface area contributed by atoms with Crippen molar-refractivity contribution in [1.29, 1.82) is 0 Å². The topological polar surface area (TPSA) is 219 Å². The summed E-state index contributed by atoms with van der Waals surface area (Å²) < 4.78 is 7.77. The molecule has 1 atom stereocenters. The fourth-order valence-electron chi connectivity index (χ4n) is 6.86. The number of nitrogens with two attached hydrogens (primary N) is 1. The number of carbonyl (C=O) groups excluding carboxylic acids is 5. The van der Waals surface area contributed by atoms with Crippen molar-refractivity contribution >= 4 is 58.2 Å². The highest BCUT2D eigenvalue weighted by atomic mass is 16.5. The van der Waals surface area contributed by atoms with E-state index in [0.717, 1.165) is 48.4 Å². The third-order valence-electron chi connectivity index (χ3n) is 9.87.